The topological polar surface area (TPSA) is 59.3 Å². The summed E-state index contributed by atoms with van der Waals surface area (Å²) in [4.78, 5) is 12.2. The van der Waals surface area contributed by atoms with Gasteiger partial charge in [-0.1, -0.05) is 29.8 Å². The minimum absolute atomic E-state index is 0.221. The summed E-state index contributed by atoms with van der Waals surface area (Å²) in [6.07, 6.45) is -0.621. The Hall–Kier alpha value is -1.70. The number of carbonyl (C=O) groups excluding carboxylic acids is 1. The molecule has 2 rings (SSSR count). The summed E-state index contributed by atoms with van der Waals surface area (Å²) in [7, 11) is 0. The molecule has 0 N–H and O–H groups in total. The Bertz CT molecular complexity index is 455. The number of rotatable bonds is 3. The van der Waals surface area contributed by atoms with Crippen LogP contribution in [0.5, 0.6) is 0 Å². The van der Waals surface area contributed by atoms with Crippen LogP contribution in [0.25, 0.3) is 0 Å². The molecule has 4 nitrogen and oxygen atoms in total. The van der Waals surface area contributed by atoms with Crippen LogP contribution in [-0.2, 0) is 14.3 Å². The third-order valence-corrected chi connectivity index (χ3v) is 2.96. The molecule has 1 aromatic rings. The fourth-order valence-electron chi connectivity index (χ4n) is 1.90. The summed E-state index contributed by atoms with van der Waals surface area (Å²) in [5.74, 6) is -1.00. The number of hydrogen-bond acceptors (Lipinski definition) is 4. The van der Waals surface area contributed by atoms with Crippen molar-refractivity contribution in [2.24, 2.45) is 0 Å². The minimum Gasteiger partial charge on any atom is -0.376 e. The highest BCUT2D eigenvalue weighted by molar-refractivity contribution is 5.92. The van der Waals surface area contributed by atoms with Crippen molar-refractivity contribution in [3.63, 3.8) is 0 Å². The van der Waals surface area contributed by atoms with Crippen LogP contribution < -0.4 is 0 Å². The van der Waals surface area contributed by atoms with Gasteiger partial charge in [-0.25, -0.2) is 0 Å². The summed E-state index contributed by atoms with van der Waals surface area (Å²) in [5.41, 5.74) is 1.81. The first-order valence-corrected chi connectivity index (χ1v) is 5.91. The van der Waals surface area contributed by atoms with E-state index in [1.807, 2.05) is 37.3 Å². The van der Waals surface area contributed by atoms with Crippen LogP contribution in [0, 0.1) is 18.3 Å². The number of carbonyl (C=O) groups is 1. The molecule has 1 heterocycles. The number of ketones is 1. The molecule has 1 aromatic carbocycles. The van der Waals surface area contributed by atoms with Gasteiger partial charge in [-0.2, -0.15) is 5.26 Å². The lowest BCUT2D eigenvalue weighted by Gasteiger charge is -2.23. The molecule has 0 amide bonds. The Balaban J connectivity index is 2.15. The van der Waals surface area contributed by atoms with Crippen LogP contribution in [0.15, 0.2) is 24.3 Å². The number of nitrogens with zero attached hydrogens (tertiary/aromatic N) is 1. The molecule has 4 heteroatoms. The first-order valence-electron chi connectivity index (χ1n) is 5.91. The van der Waals surface area contributed by atoms with Gasteiger partial charge in [-0.3, -0.25) is 4.79 Å². The lowest BCUT2D eigenvalue weighted by molar-refractivity contribution is -0.145. The van der Waals surface area contributed by atoms with Crippen molar-refractivity contribution in [3.8, 4) is 6.07 Å². The normalized spacial score (nSPS) is 21.0. The van der Waals surface area contributed by atoms with Crippen LogP contribution in [0.1, 0.15) is 17.0 Å². The highest BCUT2D eigenvalue weighted by Gasteiger charge is 2.30. The molecule has 0 saturated carbocycles. The second kappa shape index (κ2) is 5.76. The molecule has 1 fully saturated rings. The largest absolute Gasteiger partial charge is 0.376 e. The van der Waals surface area contributed by atoms with Crippen molar-refractivity contribution in [2.75, 3.05) is 19.8 Å². The van der Waals surface area contributed by atoms with Crippen LogP contribution in [0.4, 0.5) is 0 Å². The number of Topliss-reactive ketones (excluding diaryl/α,β-unsaturated/α-hetero) is 1. The van der Waals surface area contributed by atoms with E-state index < -0.39 is 12.0 Å². The lowest BCUT2D eigenvalue weighted by atomic mass is 9.92. The monoisotopic (exact) mass is 245 g/mol. The molecule has 94 valence electrons. The Morgan fingerprint density at radius 2 is 2.11 bits per heavy atom. The lowest BCUT2D eigenvalue weighted by Crippen LogP contribution is -2.38. The maximum Gasteiger partial charge on any atom is 0.185 e. The van der Waals surface area contributed by atoms with Gasteiger partial charge in [0.15, 0.2) is 5.78 Å². The summed E-state index contributed by atoms with van der Waals surface area (Å²) in [6, 6.07) is 9.46. The zero-order valence-corrected chi connectivity index (χ0v) is 10.3. The molecule has 0 aromatic heterocycles. The smallest absolute Gasteiger partial charge is 0.185 e. The number of ether oxygens (including phenoxy) is 2. The van der Waals surface area contributed by atoms with E-state index in [0.717, 1.165) is 5.56 Å². The molecule has 0 spiro atoms. The molecular weight excluding hydrogens is 230 g/mol. The molecule has 0 bridgehead atoms. The quantitative estimate of drug-likeness (QED) is 0.811. The van der Waals surface area contributed by atoms with E-state index in [0.29, 0.717) is 18.8 Å². The molecule has 2 atom stereocenters. The van der Waals surface area contributed by atoms with Gasteiger partial charge in [0.05, 0.1) is 25.9 Å². The van der Waals surface area contributed by atoms with E-state index >= 15 is 0 Å². The number of benzene rings is 1. The van der Waals surface area contributed by atoms with E-state index in [1.165, 1.54) is 0 Å². The van der Waals surface area contributed by atoms with E-state index in [4.69, 9.17) is 9.47 Å². The molecular formula is C14H15NO3. The Morgan fingerprint density at radius 3 is 2.67 bits per heavy atom. The zero-order chi connectivity index (χ0) is 13.0. The van der Waals surface area contributed by atoms with E-state index in [1.54, 1.807) is 0 Å². The highest BCUT2D eigenvalue weighted by atomic mass is 16.6. The maximum absolute atomic E-state index is 12.2. The maximum atomic E-state index is 12.2. The SMILES string of the molecule is Cc1ccc(C(C#N)C(=O)C2COCCO2)cc1. The molecule has 1 aliphatic rings. The molecule has 0 aliphatic carbocycles. The van der Waals surface area contributed by atoms with Crippen molar-refractivity contribution in [1.29, 1.82) is 5.26 Å². The standard InChI is InChI=1S/C14H15NO3/c1-10-2-4-11(5-3-10)12(8-15)14(16)13-9-17-6-7-18-13/h2-5,12-13H,6-7,9H2,1H3. The number of aryl methyl sites for hydroxylation is 1. The Kier molecular flexibility index (Phi) is 4.08. The molecule has 0 radical (unpaired) electrons. The van der Waals surface area contributed by atoms with Gasteiger partial charge in [-0.15, -0.1) is 0 Å². The zero-order valence-electron chi connectivity index (χ0n) is 10.3. The molecule has 2 unspecified atom stereocenters. The minimum atomic E-state index is -0.780. The molecule has 1 saturated heterocycles. The number of nitriles is 1. The van der Waals surface area contributed by atoms with Crippen LogP contribution in [-0.4, -0.2) is 31.7 Å². The molecule has 1 aliphatic heterocycles. The average molecular weight is 245 g/mol. The third kappa shape index (κ3) is 2.76. The van der Waals surface area contributed by atoms with Gasteiger partial charge in [0, 0.05) is 0 Å². The van der Waals surface area contributed by atoms with E-state index in [9.17, 15) is 10.1 Å². The van der Waals surface area contributed by atoms with Gasteiger partial charge in [0.1, 0.15) is 12.0 Å². The van der Waals surface area contributed by atoms with Crippen LogP contribution in [0.2, 0.25) is 0 Å². The first-order chi connectivity index (χ1) is 8.72. The van der Waals surface area contributed by atoms with Crippen molar-refractivity contribution in [1.82, 2.24) is 0 Å². The third-order valence-electron chi connectivity index (χ3n) is 2.96. The summed E-state index contributed by atoms with van der Waals surface area (Å²) in [5, 5.41) is 9.18. The van der Waals surface area contributed by atoms with Crippen molar-refractivity contribution < 1.29 is 14.3 Å². The van der Waals surface area contributed by atoms with Crippen LogP contribution in [0.3, 0.4) is 0 Å². The summed E-state index contributed by atoms with van der Waals surface area (Å²) >= 11 is 0. The first kappa shape index (κ1) is 12.7. The predicted molar refractivity (Wildman–Crippen MR) is 65.1 cm³/mol. The second-order valence-electron chi connectivity index (χ2n) is 4.31. The van der Waals surface area contributed by atoms with Crippen molar-refractivity contribution >= 4 is 5.78 Å². The van der Waals surface area contributed by atoms with Gasteiger partial charge in [0.2, 0.25) is 0 Å². The van der Waals surface area contributed by atoms with Gasteiger partial charge >= 0.3 is 0 Å². The van der Waals surface area contributed by atoms with Gasteiger partial charge in [0.25, 0.3) is 0 Å². The second-order valence-corrected chi connectivity index (χ2v) is 4.31. The van der Waals surface area contributed by atoms with E-state index in [-0.39, 0.29) is 12.4 Å². The van der Waals surface area contributed by atoms with E-state index in [2.05, 4.69) is 0 Å². The Labute approximate surface area is 106 Å². The molecule has 18 heavy (non-hydrogen) atoms. The Morgan fingerprint density at radius 1 is 1.39 bits per heavy atom. The van der Waals surface area contributed by atoms with Crippen molar-refractivity contribution in [2.45, 2.75) is 18.9 Å². The van der Waals surface area contributed by atoms with Crippen LogP contribution >= 0.6 is 0 Å². The predicted octanol–water partition coefficient (Wildman–Crippen LogP) is 1.59. The summed E-state index contributed by atoms with van der Waals surface area (Å²) in [6.45, 7) is 3.11. The fourth-order valence-corrected chi connectivity index (χ4v) is 1.90. The number of hydrogen-bond donors (Lipinski definition) is 0. The highest BCUT2D eigenvalue weighted by Crippen LogP contribution is 2.20. The summed E-state index contributed by atoms with van der Waals surface area (Å²) < 4.78 is 10.5. The van der Waals surface area contributed by atoms with Crippen molar-refractivity contribution in [3.05, 3.63) is 35.4 Å². The fraction of sp³-hybridized carbons (Fsp3) is 0.429. The average Bonchev–Trinajstić information content (AvgIpc) is 2.42. The van der Waals surface area contributed by atoms with Gasteiger partial charge < -0.3 is 9.47 Å². The van der Waals surface area contributed by atoms with Gasteiger partial charge in [-0.05, 0) is 12.5 Å².